The number of fused-ring (bicyclic) bond motifs is 5. The second-order valence-electron chi connectivity index (χ2n) is 10.00. The van der Waals surface area contributed by atoms with Gasteiger partial charge in [0.05, 0.1) is 25.2 Å². The number of esters is 1. The van der Waals surface area contributed by atoms with Crippen LogP contribution >= 0.6 is 0 Å². The van der Waals surface area contributed by atoms with E-state index in [-0.39, 0.29) is 29.1 Å². The van der Waals surface area contributed by atoms with Gasteiger partial charge in [-0.05, 0) is 61.7 Å². The smallest absolute Gasteiger partial charge is 0.312 e. The van der Waals surface area contributed by atoms with Gasteiger partial charge < -0.3 is 20.1 Å². The van der Waals surface area contributed by atoms with Gasteiger partial charge in [0, 0.05) is 5.41 Å². The van der Waals surface area contributed by atoms with Crippen molar-refractivity contribution in [2.24, 2.45) is 34.5 Å². The number of rotatable bonds is 1. The molecule has 0 aromatic rings. The number of terminal acetylenes is 1. The minimum absolute atomic E-state index is 0.0347. The fourth-order valence-electron chi connectivity index (χ4n) is 7.39. The summed E-state index contributed by atoms with van der Waals surface area (Å²) in [4.78, 5) is 12.8. The maximum Gasteiger partial charge on any atom is 0.312 e. The molecule has 3 saturated carbocycles. The van der Waals surface area contributed by atoms with E-state index in [1.165, 1.54) is 7.11 Å². The van der Waals surface area contributed by atoms with E-state index in [0.717, 1.165) is 18.4 Å². The molecule has 4 aliphatic carbocycles. The van der Waals surface area contributed by atoms with Crippen molar-refractivity contribution in [3.63, 3.8) is 0 Å². The summed E-state index contributed by atoms with van der Waals surface area (Å²) in [6.45, 7) is 4.15. The Morgan fingerprint density at radius 1 is 1.29 bits per heavy atom. The van der Waals surface area contributed by atoms with E-state index < -0.39 is 29.1 Å². The van der Waals surface area contributed by atoms with E-state index in [0.29, 0.717) is 25.7 Å². The third-order valence-corrected chi connectivity index (χ3v) is 8.94. The van der Waals surface area contributed by atoms with Crippen molar-refractivity contribution < 1.29 is 24.9 Å². The molecule has 3 fully saturated rings. The molecule has 28 heavy (non-hydrogen) atoms. The predicted molar refractivity (Wildman–Crippen MR) is 104 cm³/mol. The van der Waals surface area contributed by atoms with Crippen LogP contribution in [0.2, 0.25) is 0 Å². The highest BCUT2D eigenvalue weighted by atomic mass is 16.5. The molecule has 0 aliphatic heterocycles. The van der Waals surface area contributed by atoms with E-state index in [9.17, 15) is 20.1 Å². The normalized spacial score (nSPS) is 52.5. The number of methoxy groups -OCH3 is 1. The second kappa shape index (κ2) is 6.32. The van der Waals surface area contributed by atoms with E-state index in [4.69, 9.17) is 11.2 Å². The van der Waals surface area contributed by atoms with Crippen molar-refractivity contribution >= 4 is 5.97 Å². The van der Waals surface area contributed by atoms with Crippen LogP contribution in [0, 0.1) is 46.8 Å². The summed E-state index contributed by atoms with van der Waals surface area (Å²) in [5, 5.41) is 32.8. The molecule has 9 atom stereocenters. The van der Waals surface area contributed by atoms with Gasteiger partial charge in [-0.15, -0.1) is 6.42 Å². The van der Waals surface area contributed by atoms with Crippen LogP contribution in [0.1, 0.15) is 52.4 Å². The Hall–Kier alpha value is -1.35. The lowest BCUT2D eigenvalue weighted by atomic mass is 9.44. The molecule has 2 unspecified atom stereocenters. The lowest BCUT2D eigenvalue weighted by Crippen LogP contribution is -2.62. The summed E-state index contributed by atoms with van der Waals surface area (Å²) in [5.74, 6) is 1.61. The zero-order valence-corrected chi connectivity index (χ0v) is 17.0. The van der Waals surface area contributed by atoms with Gasteiger partial charge in [-0.2, -0.15) is 0 Å². The highest BCUT2D eigenvalue weighted by molar-refractivity contribution is 5.75. The van der Waals surface area contributed by atoms with Gasteiger partial charge in [0.25, 0.3) is 0 Å². The summed E-state index contributed by atoms with van der Waals surface area (Å²) >= 11 is 0. The van der Waals surface area contributed by atoms with Crippen LogP contribution in [-0.4, -0.2) is 46.2 Å². The van der Waals surface area contributed by atoms with Gasteiger partial charge in [0.2, 0.25) is 0 Å². The molecule has 0 heterocycles. The molecule has 5 nitrogen and oxygen atoms in total. The molecule has 4 aliphatic rings. The first-order valence-electron chi connectivity index (χ1n) is 10.5. The van der Waals surface area contributed by atoms with Crippen molar-refractivity contribution in [3.8, 4) is 12.3 Å². The molecule has 0 radical (unpaired) electrons. The average Bonchev–Trinajstić information content (AvgIpc) is 2.92. The molecule has 0 bridgehead atoms. The highest BCUT2D eigenvalue weighted by Gasteiger charge is 2.68. The number of aliphatic hydroxyl groups excluding tert-OH is 2. The zero-order valence-electron chi connectivity index (χ0n) is 17.0. The molecule has 0 aromatic carbocycles. The van der Waals surface area contributed by atoms with Crippen LogP contribution in [0.25, 0.3) is 0 Å². The predicted octanol–water partition coefficient (Wildman–Crippen LogP) is 2.04. The highest BCUT2D eigenvalue weighted by Crippen LogP contribution is 2.68. The summed E-state index contributed by atoms with van der Waals surface area (Å²) in [5.41, 5.74) is -1.09. The van der Waals surface area contributed by atoms with Crippen LogP contribution in [-0.2, 0) is 9.53 Å². The SMILES string of the molecule is C#CC1(O)CCC2[C@H]3[C@H]([C@H](O)C[C@@]21C)[C@@]1(C)CC[C@H](O)CC1=C[C@H]3C(=O)OC. The maximum absolute atomic E-state index is 12.8. The van der Waals surface area contributed by atoms with Crippen LogP contribution in [0.3, 0.4) is 0 Å². The van der Waals surface area contributed by atoms with Gasteiger partial charge in [0.1, 0.15) is 5.60 Å². The van der Waals surface area contributed by atoms with Gasteiger partial charge in [-0.25, -0.2) is 0 Å². The van der Waals surface area contributed by atoms with E-state index >= 15 is 0 Å². The molecule has 5 heteroatoms. The minimum Gasteiger partial charge on any atom is -0.469 e. The van der Waals surface area contributed by atoms with Crippen molar-refractivity contribution in [1.82, 2.24) is 0 Å². The van der Waals surface area contributed by atoms with Gasteiger partial charge in [0.15, 0.2) is 0 Å². The molecule has 4 rings (SSSR count). The Labute approximate surface area is 167 Å². The number of ether oxygens (including phenoxy) is 1. The standard InChI is InChI=1S/C23H32O5/c1-5-23(27)9-7-16-18-15(20(26)28-4)11-13-10-14(24)6-8-21(13,2)19(18)17(25)12-22(16,23)3/h1,11,14-19,24-25,27H,6-10,12H2,2-4H3/t14-,15+,16?,17+,18-,19-,21-,22-,23?/m0/s1. The first-order valence-corrected chi connectivity index (χ1v) is 10.5. The summed E-state index contributed by atoms with van der Waals surface area (Å²) in [6, 6.07) is 0. The number of hydrogen-bond acceptors (Lipinski definition) is 5. The van der Waals surface area contributed by atoms with Gasteiger partial charge in [-0.3, -0.25) is 4.79 Å². The van der Waals surface area contributed by atoms with Crippen molar-refractivity contribution in [2.75, 3.05) is 7.11 Å². The summed E-state index contributed by atoms with van der Waals surface area (Å²) < 4.78 is 5.14. The molecule has 0 spiro atoms. The van der Waals surface area contributed by atoms with Crippen molar-refractivity contribution in [2.45, 2.75) is 70.2 Å². The first-order chi connectivity index (χ1) is 13.1. The monoisotopic (exact) mass is 388 g/mol. The Bertz CT molecular complexity index is 753. The number of hydrogen-bond donors (Lipinski definition) is 3. The van der Waals surface area contributed by atoms with Crippen molar-refractivity contribution in [3.05, 3.63) is 11.6 Å². The van der Waals surface area contributed by atoms with E-state index in [1.54, 1.807) is 0 Å². The zero-order chi connectivity index (χ0) is 20.5. The van der Waals surface area contributed by atoms with Crippen LogP contribution in [0.4, 0.5) is 0 Å². The number of carbonyl (C=O) groups excluding carboxylic acids is 1. The Morgan fingerprint density at radius 3 is 2.64 bits per heavy atom. The van der Waals surface area contributed by atoms with E-state index in [2.05, 4.69) is 12.8 Å². The third-order valence-electron chi connectivity index (χ3n) is 8.94. The van der Waals surface area contributed by atoms with Crippen LogP contribution in [0.5, 0.6) is 0 Å². The molecule has 0 amide bonds. The maximum atomic E-state index is 12.8. The fraction of sp³-hybridized carbons (Fsp3) is 0.783. The second-order valence-corrected chi connectivity index (χ2v) is 10.00. The topological polar surface area (TPSA) is 87.0 Å². The lowest BCUT2D eigenvalue weighted by molar-refractivity contribution is -0.176. The number of carbonyl (C=O) groups is 1. The van der Waals surface area contributed by atoms with Crippen LogP contribution in [0.15, 0.2) is 11.6 Å². The molecule has 3 N–H and O–H groups in total. The Morgan fingerprint density at radius 2 is 2.00 bits per heavy atom. The Balaban J connectivity index is 1.86. The molecule has 154 valence electrons. The average molecular weight is 389 g/mol. The third kappa shape index (κ3) is 2.41. The molecular weight excluding hydrogens is 356 g/mol. The summed E-state index contributed by atoms with van der Waals surface area (Å²) in [7, 11) is 1.39. The molecule has 0 saturated heterocycles. The summed E-state index contributed by atoms with van der Waals surface area (Å²) in [6.07, 6.45) is 10.3. The molecule has 0 aromatic heterocycles. The van der Waals surface area contributed by atoms with E-state index in [1.807, 2.05) is 13.0 Å². The minimum atomic E-state index is -1.27. The van der Waals surface area contributed by atoms with Gasteiger partial charge in [-0.1, -0.05) is 31.4 Å². The van der Waals surface area contributed by atoms with Gasteiger partial charge >= 0.3 is 5.97 Å². The Kier molecular flexibility index (Phi) is 4.50. The first kappa shape index (κ1) is 19.9. The largest absolute Gasteiger partial charge is 0.469 e. The lowest BCUT2D eigenvalue weighted by Gasteiger charge is -2.61. The fourth-order valence-corrected chi connectivity index (χ4v) is 7.39. The van der Waals surface area contributed by atoms with Crippen molar-refractivity contribution in [1.29, 1.82) is 0 Å². The van der Waals surface area contributed by atoms with Crippen LogP contribution < -0.4 is 0 Å². The number of aliphatic hydroxyl groups is 3. The molecular formula is C23H32O5. The quantitative estimate of drug-likeness (QED) is 0.364.